The quantitative estimate of drug-likeness (QED) is 0.611. The number of carboxylic acids is 1. The van der Waals surface area contributed by atoms with E-state index in [4.69, 9.17) is 0 Å². The number of aliphatic hydroxyl groups excluding tert-OH is 2. The minimum Gasteiger partial charge on any atom is -0.481 e. The van der Waals surface area contributed by atoms with Gasteiger partial charge in [-0.1, -0.05) is 6.92 Å². The minimum atomic E-state index is -0.971. The summed E-state index contributed by atoms with van der Waals surface area (Å²) in [5.74, 6) is -0.237. The lowest BCUT2D eigenvalue weighted by atomic mass is 9.40. The van der Waals surface area contributed by atoms with Crippen LogP contribution in [0.4, 0.5) is 0 Å². The van der Waals surface area contributed by atoms with Crippen LogP contribution in [0.5, 0.6) is 0 Å². The van der Waals surface area contributed by atoms with Crippen molar-refractivity contribution in [3.63, 3.8) is 0 Å². The van der Waals surface area contributed by atoms with E-state index < -0.39 is 23.1 Å². The van der Waals surface area contributed by atoms with Gasteiger partial charge in [0.15, 0.2) is 0 Å². The van der Waals surface area contributed by atoms with E-state index in [0.29, 0.717) is 25.2 Å². The van der Waals surface area contributed by atoms with Crippen LogP contribution < -0.4 is 0 Å². The molecule has 4 N–H and O–H groups in total. The molecule has 5 heteroatoms. The fraction of sp³-hybridized carbons (Fsp3) is 0.950. The van der Waals surface area contributed by atoms with Crippen LogP contribution in [-0.2, 0) is 4.79 Å². The Morgan fingerprint density at radius 1 is 1.08 bits per heavy atom. The summed E-state index contributed by atoms with van der Waals surface area (Å²) in [7, 11) is 0. The third-order valence-corrected chi connectivity index (χ3v) is 9.00. The fourth-order valence-corrected chi connectivity index (χ4v) is 8.18. The van der Waals surface area contributed by atoms with E-state index in [1.165, 1.54) is 0 Å². The highest BCUT2D eigenvalue weighted by Crippen LogP contribution is 2.72. The lowest BCUT2D eigenvalue weighted by molar-refractivity contribution is -0.195. The van der Waals surface area contributed by atoms with Crippen LogP contribution in [0.2, 0.25) is 0 Å². The normalized spacial score (nSPS) is 57.6. The summed E-state index contributed by atoms with van der Waals surface area (Å²) in [5.41, 5.74) is -2.06. The zero-order valence-corrected chi connectivity index (χ0v) is 15.4. The second-order valence-corrected chi connectivity index (χ2v) is 10.2. The van der Waals surface area contributed by atoms with E-state index in [0.717, 1.165) is 32.1 Å². The number of fused-ring (bicyclic) bond motifs is 3. The van der Waals surface area contributed by atoms with E-state index in [-0.39, 0.29) is 29.3 Å². The first kappa shape index (κ1) is 17.7. The molecule has 8 unspecified atom stereocenters. The summed E-state index contributed by atoms with van der Waals surface area (Å²) in [6.07, 6.45) is 5.65. The zero-order valence-electron chi connectivity index (χ0n) is 15.4. The van der Waals surface area contributed by atoms with Crippen LogP contribution in [0.15, 0.2) is 0 Å². The third-order valence-electron chi connectivity index (χ3n) is 9.00. The molecule has 4 saturated carbocycles. The second kappa shape index (κ2) is 5.20. The first-order chi connectivity index (χ1) is 11.6. The van der Waals surface area contributed by atoms with Crippen LogP contribution >= 0.6 is 0 Å². The van der Waals surface area contributed by atoms with Gasteiger partial charge in [0.25, 0.3) is 0 Å². The summed E-state index contributed by atoms with van der Waals surface area (Å²) >= 11 is 0. The highest BCUT2D eigenvalue weighted by atomic mass is 16.4. The molecule has 1 spiro atoms. The predicted molar refractivity (Wildman–Crippen MR) is 91.7 cm³/mol. The number of carboxylic acid groups (broad SMARTS) is 1. The van der Waals surface area contributed by atoms with Gasteiger partial charge in [-0.05, 0) is 86.9 Å². The molecule has 0 aliphatic heterocycles. The number of aliphatic carboxylic acids is 1. The fourth-order valence-electron chi connectivity index (χ4n) is 8.18. The molecule has 5 nitrogen and oxygen atoms in total. The molecule has 0 saturated heterocycles. The molecular weight excluding hydrogens is 320 g/mol. The van der Waals surface area contributed by atoms with Crippen molar-refractivity contribution >= 4 is 5.97 Å². The molecule has 4 aliphatic carbocycles. The van der Waals surface area contributed by atoms with Crippen molar-refractivity contribution in [1.29, 1.82) is 0 Å². The van der Waals surface area contributed by atoms with Crippen molar-refractivity contribution in [2.45, 2.75) is 76.9 Å². The van der Waals surface area contributed by atoms with Crippen LogP contribution in [0.25, 0.3) is 0 Å². The highest BCUT2D eigenvalue weighted by molar-refractivity contribution is 5.75. The van der Waals surface area contributed by atoms with Gasteiger partial charge < -0.3 is 20.4 Å². The van der Waals surface area contributed by atoms with Crippen molar-refractivity contribution in [3.8, 4) is 0 Å². The molecule has 4 rings (SSSR count). The summed E-state index contributed by atoms with van der Waals surface area (Å²) in [6, 6.07) is 0. The largest absolute Gasteiger partial charge is 0.481 e. The van der Waals surface area contributed by atoms with Crippen molar-refractivity contribution in [2.24, 2.45) is 34.0 Å². The van der Waals surface area contributed by atoms with E-state index in [9.17, 15) is 25.2 Å². The molecule has 0 aromatic rings. The molecule has 4 aliphatic rings. The molecule has 4 fully saturated rings. The van der Waals surface area contributed by atoms with Gasteiger partial charge >= 0.3 is 5.97 Å². The van der Waals surface area contributed by atoms with Crippen molar-refractivity contribution < 1.29 is 25.2 Å². The zero-order chi connectivity index (χ0) is 18.3. The Kier molecular flexibility index (Phi) is 3.69. The van der Waals surface area contributed by atoms with Gasteiger partial charge in [-0.3, -0.25) is 4.79 Å². The molecular formula is C20H32O5. The molecule has 0 aromatic heterocycles. The maximum Gasteiger partial charge on any atom is 0.309 e. The number of carbonyl (C=O) groups is 1. The Balaban J connectivity index is 1.75. The topological polar surface area (TPSA) is 98.0 Å². The van der Waals surface area contributed by atoms with Gasteiger partial charge in [-0.25, -0.2) is 0 Å². The number of rotatable bonds is 2. The van der Waals surface area contributed by atoms with Crippen molar-refractivity contribution in [1.82, 2.24) is 0 Å². The Bertz CT molecular complexity index is 593. The molecule has 142 valence electrons. The molecule has 25 heavy (non-hydrogen) atoms. The van der Waals surface area contributed by atoms with Gasteiger partial charge in [-0.15, -0.1) is 0 Å². The average Bonchev–Trinajstić information content (AvgIpc) is 2.73. The third kappa shape index (κ3) is 2.15. The first-order valence-electron chi connectivity index (χ1n) is 9.84. The SMILES string of the molecule is CC1(C(=O)O)CC(O)CC2(C)C3CCC4CC3(CCC12)CC4(O)CO. The van der Waals surface area contributed by atoms with E-state index >= 15 is 0 Å². The van der Waals surface area contributed by atoms with E-state index in [1.54, 1.807) is 0 Å². The Morgan fingerprint density at radius 2 is 1.80 bits per heavy atom. The monoisotopic (exact) mass is 352 g/mol. The average molecular weight is 352 g/mol. The molecule has 2 bridgehead atoms. The smallest absolute Gasteiger partial charge is 0.309 e. The summed E-state index contributed by atoms with van der Waals surface area (Å²) in [6.45, 7) is 3.84. The molecule has 8 atom stereocenters. The van der Waals surface area contributed by atoms with Crippen molar-refractivity contribution in [2.75, 3.05) is 6.61 Å². The summed E-state index contributed by atoms with van der Waals surface area (Å²) in [4.78, 5) is 12.1. The highest BCUT2D eigenvalue weighted by Gasteiger charge is 2.69. The summed E-state index contributed by atoms with van der Waals surface area (Å²) in [5, 5.41) is 41.2. The van der Waals surface area contributed by atoms with Crippen molar-refractivity contribution in [3.05, 3.63) is 0 Å². The molecule has 0 aromatic carbocycles. The van der Waals surface area contributed by atoms with E-state index in [2.05, 4.69) is 6.92 Å². The van der Waals surface area contributed by atoms with Gasteiger partial charge in [-0.2, -0.15) is 0 Å². The summed E-state index contributed by atoms with van der Waals surface area (Å²) < 4.78 is 0. The van der Waals surface area contributed by atoms with Crippen LogP contribution in [0.1, 0.15) is 65.2 Å². The Labute approximate surface area is 149 Å². The predicted octanol–water partition coefficient (Wildman–Crippen LogP) is 2.18. The Morgan fingerprint density at radius 3 is 2.44 bits per heavy atom. The van der Waals surface area contributed by atoms with E-state index in [1.807, 2.05) is 6.92 Å². The maximum atomic E-state index is 12.1. The van der Waals surface area contributed by atoms with Crippen LogP contribution in [0, 0.1) is 34.0 Å². The lowest BCUT2D eigenvalue weighted by Crippen LogP contribution is -2.60. The molecule has 0 radical (unpaired) electrons. The molecule has 0 heterocycles. The second-order valence-electron chi connectivity index (χ2n) is 10.2. The van der Waals surface area contributed by atoms with Gasteiger partial charge in [0, 0.05) is 0 Å². The van der Waals surface area contributed by atoms with Gasteiger partial charge in [0.05, 0.1) is 23.7 Å². The van der Waals surface area contributed by atoms with Crippen LogP contribution in [-0.4, -0.2) is 44.7 Å². The van der Waals surface area contributed by atoms with Crippen LogP contribution in [0.3, 0.4) is 0 Å². The number of aliphatic hydroxyl groups is 3. The van der Waals surface area contributed by atoms with Gasteiger partial charge in [0.1, 0.15) is 0 Å². The standard InChI is InChI=1S/C20H32O5/c1-17-8-13(22)9-18(2,16(23)24)14(17)5-6-19-7-12(3-4-15(17)19)20(25,10-19)11-21/h12-15,21-22,25H,3-11H2,1-2H3,(H,23,24). The number of hydrogen-bond acceptors (Lipinski definition) is 4. The Hall–Kier alpha value is -0.650. The molecule has 0 amide bonds. The first-order valence-corrected chi connectivity index (χ1v) is 9.84. The number of hydrogen-bond donors (Lipinski definition) is 4. The lowest BCUT2D eigenvalue weighted by Gasteiger charge is -2.64. The minimum absolute atomic E-state index is 0.00210. The van der Waals surface area contributed by atoms with Gasteiger partial charge in [0.2, 0.25) is 0 Å². The maximum absolute atomic E-state index is 12.1.